The van der Waals surface area contributed by atoms with Crippen LogP contribution in [0.2, 0.25) is 0 Å². The average molecular weight is 426 g/mol. The van der Waals surface area contributed by atoms with E-state index in [-0.39, 0.29) is 5.60 Å². The van der Waals surface area contributed by atoms with Crippen LogP contribution in [0.5, 0.6) is 17.2 Å². The molecule has 0 bridgehead atoms. The van der Waals surface area contributed by atoms with E-state index in [1.54, 1.807) is 0 Å². The summed E-state index contributed by atoms with van der Waals surface area (Å²) >= 11 is 0. The minimum atomic E-state index is -0.590. The second-order valence-corrected chi connectivity index (χ2v) is 9.12. The van der Waals surface area contributed by atoms with E-state index in [0.29, 0.717) is 31.9 Å². The molecule has 0 aliphatic carbocycles. The second-order valence-electron chi connectivity index (χ2n) is 9.12. The minimum absolute atomic E-state index is 0.321. The number of aliphatic hydroxyl groups is 2. The maximum Gasteiger partial charge on any atom is 0.161 e. The molecular formula is C25H31NO5. The number of β-amino-alcohol motifs (C(OH)–C–C–N with tert-alkyl or cyclic N) is 1. The van der Waals surface area contributed by atoms with Gasteiger partial charge < -0.3 is 29.3 Å². The Labute approximate surface area is 183 Å². The molecule has 0 unspecified atom stereocenters. The fourth-order valence-corrected chi connectivity index (χ4v) is 4.94. The summed E-state index contributed by atoms with van der Waals surface area (Å²) in [4.78, 5) is 2.28. The smallest absolute Gasteiger partial charge is 0.161 e. The molecule has 2 aromatic rings. The summed E-state index contributed by atoms with van der Waals surface area (Å²) in [6.07, 6.45) is 2.09. The lowest BCUT2D eigenvalue weighted by Crippen LogP contribution is -2.51. The minimum Gasteiger partial charge on any atom is -0.490 e. The van der Waals surface area contributed by atoms with Crippen LogP contribution in [0.3, 0.4) is 0 Å². The summed E-state index contributed by atoms with van der Waals surface area (Å²) in [5, 5.41) is 21.6. The van der Waals surface area contributed by atoms with Gasteiger partial charge in [0.2, 0.25) is 0 Å². The van der Waals surface area contributed by atoms with Crippen molar-refractivity contribution >= 4 is 0 Å². The van der Waals surface area contributed by atoms with Gasteiger partial charge in [-0.05, 0) is 49.6 Å². The van der Waals surface area contributed by atoms with E-state index >= 15 is 0 Å². The van der Waals surface area contributed by atoms with Gasteiger partial charge in [0.15, 0.2) is 11.5 Å². The van der Waals surface area contributed by atoms with Crippen molar-refractivity contribution in [2.24, 2.45) is 0 Å². The van der Waals surface area contributed by atoms with E-state index in [4.69, 9.17) is 14.2 Å². The first kappa shape index (κ1) is 20.6. The molecule has 0 aromatic heterocycles. The monoisotopic (exact) mass is 425 g/mol. The molecule has 1 saturated heterocycles. The van der Waals surface area contributed by atoms with Crippen LogP contribution in [0.4, 0.5) is 0 Å². The zero-order valence-corrected chi connectivity index (χ0v) is 18.0. The molecule has 6 nitrogen and oxygen atoms in total. The molecule has 2 atom stereocenters. The molecule has 166 valence electrons. The molecule has 2 N–H and O–H groups in total. The molecule has 6 heteroatoms. The molecule has 2 aromatic carbocycles. The molecule has 1 spiro atoms. The van der Waals surface area contributed by atoms with E-state index in [2.05, 4.69) is 4.90 Å². The number of rotatable bonds is 3. The van der Waals surface area contributed by atoms with Crippen molar-refractivity contribution in [1.29, 1.82) is 0 Å². The summed E-state index contributed by atoms with van der Waals surface area (Å²) in [5.74, 6) is 2.27. The average Bonchev–Trinajstić information content (AvgIpc) is 3.01. The Hall–Kier alpha value is -2.28. The molecule has 5 rings (SSSR count). The predicted molar refractivity (Wildman–Crippen MR) is 117 cm³/mol. The first-order valence-corrected chi connectivity index (χ1v) is 11.3. The van der Waals surface area contributed by atoms with Crippen LogP contribution in [0.15, 0.2) is 36.4 Å². The number of likely N-dealkylation sites (tertiary alicyclic amines) is 1. The molecule has 0 amide bonds. The highest BCUT2D eigenvalue weighted by Crippen LogP contribution is 2.44. The number of benzene rings is 2. The maximum atomic E-state index is 10.8. The Balaban J connectivity index is 1.21. The molecule has 0 saturated carbocycles. The van der Waals surface area contributed by atoms with Crippen molar-refractivity contribution < 1.29 is 24.4 Å². The number of hydrogen-bond acceptors (Lipinski definition) is 6. The fraction of sp³-hybridized carbons (Fsp3) is 0.520. The normalized spacial score (nSPS) is 23.5. The Morgan fingerprint density at radius 2 is 1.77 bits per heavy atom. The summed E-state index contributed by atoms with van der Waals surface area (Å²) < 4.78 is 17.9. The van der Waals surface area contributed by atoms with Gasteiger partial charge >= 0.3 is 0 Å². The van der Waals surface area contributed by atoms with Gasteiger partial charge in [-0.3, -0.25) is 0 Å². The topological polar surface area (TPSA) is 71.4 Å². The molecule has 31 heavy (non-hydrogen) atoms. The lowest BCUT2D eigenvalue weighted by Gasteiger charge is -2.46. The van der Waals surface area contributed by atoms with Crippen molar-refractivity contribution in [3.63, 3.8) is 0 Å². The van der Waals surface area contributed by atoms with E-state index < -0.39 is 12.2 Å². The van der Waals surface area contributed by atoms with Crippen molar-refractivity contribution in [2.75, 3.05) is 32.8 Å². The predicted octanol–water partition coefficient (Wildman–Crippen LogP) is 3.54. The highest BCUT2D eigenvalue weighted by Gasteiger charge is 2.43. The zero-order chi connectivity index (χ0) is 21.4. The van der Waals surface area contributed by atoms with Gasteiger partial charge in [0.25, 0.3) is 0 Å². The number of fused-ring (bicyclic) bond motifs is 2. The Kier molecular flexibility index (Phi) is 5.54. The van der Waals surface area contributed by atoms with Gasteiger partial charge in [-0.2, -0.15) is 0 Å². The third kappa shape index (κ3) is 4.25. The van der Waals surface area contributed by atoms with Crippen LogP contribution in [-0.4, -0.2) is 53.6 Å². The molecule has 3 aliphatic rings. The summed E-state index contributed by atoms with van der Waals surface area (Å²) in [6.45, 7) is 5.55. The number of nitrogens with zero attached hydrogens (tertiary/aromatic N) is 1. The highest BCUT2D eigenvalue weighted by atomic mass is 16.5. The molecule has 1 fully saturated rings. The third-order valence-corrected chi connectivity index (χ3v) is 6.77. The van der Waals surface area contributed by atoms with Gasteiger partial charge in [-0.1, -0.05) is 17.7 Å². The lowest BCUT2D eigenvalue weighted by molar-refractivity contribution is -0.0588. The Bertz CT molecular complexity index is 938. The lowest BCUT2D eigenvalue weighted by atomic mass is 9.81. The van der Waals surface area contributed by atoms with Gasteiger partial charge in [0.1, 0.15) is 11.4 Å². The van der Waals surface area contributed by atoms with Gasteiger partial charge in [-0.25, -0.2) is 0 Å². The first-order chi connectivity index (χ1) is 15.0. The second kappa shape index (κ2) is 8.34. The molecular weight excluding hydrogens is 394 g/mol. The van der Waals surface area contributed by atoms with E-state index in [9.17, 15) is 10.2 Å². The number of piperidine rings is 1. The van der Waals surface area contributed by atoms with E-state index in [1.807, 2.05) is 43.3 Å². The largest absolute Gasteiger partial charge is 0.490 e. The van der Waals surface area contributed by atoms with Crippen LogP contribution in [0.25, 0.3) is 0 Å². The number of ether oxygens (including phenoxy) is 3. The molecule has 3 heterocycles. The van der Waals surface area contributed by atoms with Crippen molar-refractivity contribution in [2.45, 2.75) is 50.4 Å². The SMILES string of the molecule is Cc1ccc2c(c1)[C@@H](O)CC1(CCN(C[C@H](O)c3ccc4c(c3)OCCCO4)CC1)O2. The molecule has 0 radical (unpaired) electrons. The van der Waals surface area contributed by atoms with Crippen LogP contribution in [0.1, 0.15) is 54.6 Å². The van der Waals surface area contributed by atoms with E-state index in [1.165, 1.54) is 0 Å². The fourth-order valence-electron chi connectivity index (χ4n) is 4.94. The number of aliphatic hydroxyl groups excluding tert-OH is 2. The quantitative estimate of drug-likeness (QED) is 0.784. The summed E-state index contributed by atoms with van der Waals surface area (Å²) in [6, 6.07) is 11.7. The third-order valence-electron chi connectivity index (χ3n) is 6.77. The number of aryl methyl sites for hydroxylation is 1. The van der Waals surface area contributed by atoms with Crippen LogP contribution < -0.4 is 14.2 Å². The van der Waals surface area contributed by atoms with Gasteiger partial charge in [-0.15, -0.1) is 0 Å². The summed E-state index contributed by atoms with van der Waals surface area (Å²) in [7, 11) is 0. The van der Waals surface area contributed by atoms with Crippen LogP contribution in [0, 0.1) is 6.92 Å². The van der Waals surface area contributed by atoms with Crippen molar-refractivity contribution in [1.82, 2.24) is 4.90 Å². The Morgan fingerprint density at radius 1 is 1.03 bits per heavy atom. The highest BCUT2D eigenvalue weighted by molar-refractivity contribution is 5.44. The van der Waals surface area contributed by atoms with Crippen molar-refractivity contribution in [3.8, 4) is 17.2 Å². The zero-order valence-electron chi connectivity index (χ0n) is 18.0. The van der Waals surface area contributed by atoms with Gasteiger partial charge in [0.05, 0.1) is 25.4 Å². The van der Waals surface area contributed by atoms with Crippen molar-refractivity contribution in [3.05, 3.63) is 53.1 Å². The first-order valence-electron chi connectivity index (χ1n) is 11.3. The van der Waals surface area contributed by atoms with E-state index in [0.717, 1.165) is 60.5 Å². The van der Waals surface area contributed by atoms with Crippen LogP contribution >= 0.6 is 0 Å². The maximum absolute atomic E-state index is 10.8. The Morgan fingerprint density at radius 3 is 2.58 bits per heavy atom. The number of hydrogen-bond donors (Lipinski definition) is 2. The molecule has 3 aliphatic heterocycles. The summed E-state index contributed by atoms with van der Waals surface area (Å²) in [5.41, 5.74) is 2.56. The van der Waals surface area contributed by atoms with Gasteiger partial charge in [0, 0.05) is 38.0 Å². The van der Waals surface area contributed by atoms with Crippen LogP contribution in [-0.2, 0) is 0 Å². The standard InChI is InChI=1S/C25H31NO5/c1-17-3-5-22-19(13-17)20(27)15-25(31-22)7-9-26(10-8-25)16-21(28)18-4-6-23-24(14-18)30-12-2-11-29-23/h3-6,13-14,20-21,27-28H,2,7-12,15-16H2,1H3/t20-,21-/m0/s1.